The summed E-state index contributed by atoms with van der Waals surface area (Å²) in [4.78, 5) is 11.2. The Balaban J connectivity index is 2.61. The van der Waals surface area contributed by atoms with Gasteiger partial charge < -0.3 is 5.32 Å². The monoisotopic (exact) mass is 181 g/mol. The van der Waals surface area contributed by atoms with Crippen LogP contribution in [0, 0.1) is 11.3 Å². The molecule has 2 heteroatoms. The molecule has 0 aromatic heterocycles. The first-order valence-corrected chi connectivity index (χ1v) is 4.99. The highest BCUT2D eigenvalue weighted by molar-refractivity contribution is 5.90. The van der Waals surface area contributed by atoms with E-state index < -0.39 is 0 Å². The summed E-state index contributed by atoms with van der Waals surface area (Å²) in [6.07, 6.45) is 4.46. The van der Waals surface area contributed by atoms with Crippen molar-refractivity contribution >= 4 is 5.78 Å². The van der Waals surface area contributed by atoms with Crippen LogP contribution in [-0.2, 0) is 4.79 Å². The number of rotatable bonds is 3. The Bertz CT molecular complexity index is 218. The smallest absolute Gasteiger partial charge is 0.155 e. The highest BCUT2D eigenvalue weighted by atomic mass is 16.1. The fourth-order valence-corrected chi connectivity index (χ4v) is 1.67. The molecule has 0 aliphatic heterocycles. The predicted molar refractivity (Wildman–Crippen MR) is 54.6 cm³/mol. The Labute approximate surface area is 80.4 Å². The average molecular weight is 181 g/mol. The van der Waals surface area contributed by atoms with E-state index >= 15 is 0 Å². The first-order valence-electron chi connectivity index (χ1n) is 4.99. The van der Waals surface area contributed by atoms with Gasteiger partial charge in [-0.2, -0.15) is 0 Å². The second-order valence-corrected chi connectivity index (χ2v) is 4.33. The Kier molecular flexibility index (Phi) is 3.26. The van der Waals surface area contributed by atoms with E-state index in [0.717, 1.165) is 13.1 Å². The maximum absolute atomic E-state index is 11.2. The van der Waals surface area contributed by atoms with Crippen LogP contribution < -0.4 is 5.32 Å². The molecule has 0 aromatic rings. The average Bonchev–Trinajstić information content (AvgIpc) is 2.07. The second kappa shape index (κ2) is 4.05. The van der Waals surface area contributed by atoms with Gasteiger partial charge in [-0.1, -0.05) is 26.8 Å². The molecule has 2 nitrogen and oxygen atoms in total. The van der Waals surface area contributed by atoms with E-state index in [1.54, 1.807) is 6.08 Å². The molecule has 0 aromatic carbocycles. The van der Waals surface area contributed by atoms with Gasteiger partial charge in [0.15, 0.2) is 5.78 Å². The quantitative estimate of drug-likeness (QED) is 0.719. The zero-order chi connectivity index (χ0) is 9.90. The van der Waals surface area contributed by atoms with E-state index in [9.17, 15) is 4.79 Å². The number of ketones is 1. The third-order valence-electron chi connectivity index (χ3n) is 2.84. The summed E-state index contributed by atoms with van der Waals surface area (Å²) in [6, 6.07) is 0. The molecule has 0 radical (unpaired) electrons. The lowest BCUT2D eigenvalue weighted by Crippen LogP contribution is -2.36. The molecule has 74 valence electrons. The van der Waals surface area contributed by atoms with Gasteiger partial charge in [-0.05, 0) is 30.5 Å². The minimum absolute atomic E-state index is 0.163. The SMILES string of the molecule is CCNCC1CC(=O)C=CC1(C)C. The van der Waals surface area contributed by atoms with Crippen LogP contribution in [0.5, 0.6) is 0 Å². The molecule has 0 amide bonds. The second-order valence-electron chi connectivity index (χ2n) is 4.33. The predicted octanol–water partition coefficient (Wildman–Crippen LogP) is 1.77. The number of carbonyl (C=O) groups excluding carboxylic acids is 1. The van der Waals surface area contributed by atoms with Gasteiger partial charge >= 0.3 is 0 Å². The third-order valence-corrected chi connectivity index (χ3v) is 2.84. The van der Waals surface area contributed by atoms with Crippen molar-refractivity contribution in [1.82, 2.24) is 5.32 Å². The molecule has 0 fully saturated rings. The summed E-state index contributed by atoms with van der Waals surface area (Å²) in [7, 11) is 0. The summed E-state index contributed by atoms with van der Waals surface area (Å²) < 4.78 is 0. The summed E-state index contributed by atoms with van der Waals surface area (Å²) in [5, 5.41) is 3.31. The molecule has 0 saturated heterocycles. The molecule has 0 heterocycles. The molecule has 0 spiro atoms. The molecule has 1 atom stereocenters. The van der Waals surface area contributed by atoms with Gasteiger partial charge in [0.05, 0.1) is 0 Å². The number of hydrogen-bond donors (Lipinski definition) is 1. The lowest BCUT2D eigenvalue weighted by Gasteiger charge is -2.34. The molecule has 1 unspecified atom stereocenters. The number of nitrogens with one attached hydrogen (secondary N) is 1. The minimum Gasteiger partial charge on any atom is -0.317 e. The summed E-state index contributed by atoms with van der Waals surface area (Å²) in [5.41, 5.74) is 0.163. The first kappa shape index (κ1) is 10.5. The molecule has 1 aliphatic rings. The van der Waals surface area contributed by atoms with Crippen molar-refractivity contribution in [2.75, 3.05) is 13.1 Å². The van der Waals surface area contributed by atoms with Crippen molar-refractivity contribution in [3.05, 3.63) is 12.2 Å². The fourth-order valence-electron chi connectivity index (χ4n) is 1.67. The van der Waals surface area contributed by atoms with Crippen LogP contribution in [-0.4, -0.2) is 18.9 Å². The van der Waals surface area contributed by atoms with Gasteiger partial charge in [-0.3, -0.25) is 4.79 Å². The van der Waals surface area contributed by atoms with Crippen LogP contribution >= 0.6 is 0 Å². The highest BCUT2D eigenvalue weighted by Crippen LogP contribution is 2.34. The first-order chi connectivity index (χ1) is 6.06. The van der Waals surface area contributed by atoms with Crippen LogP contribution in [0.2, 0.25) is 0 Å². The topological polar surface area (TPSA) is 29.1 Å². The van der Waals surface area contributed by atoms with Gasteiger partial charge in [0.25, 0.3) is 0 Å². The Hall–Kier alpha value is -0.630. The number of hydrogen-bond acceptors (Lipinski definition) is 2. The lowest BCUT2D eigenvalue weighted by molar-refractivity contribution is -0.116. The van der Waals surface area contributed by atoms with Crippen molar-refractivity contribution in [2.24, 2.45) is 11.3 Å². The summed E-state index contributed by atoms with van der Waals surface area (Å²) in [5.74, 6) is 0.715. The summed E-state index contributed by atoms with van der Waals surface area (Å²) >= 11 is 0. The van der Waals surface area contributed by atoms with Crippen LogP contribution in [0.4, 0.5) is 0 Å². The zero-order valence-corrected chi connectivity index (χ0v) is 8.76. The molecule has 1 aliphatic carbocycles. The largest absolute Gasteiger partial charge is 0.317 e. The third kappa shape index (κ3) is 2.66. The molecule has 1 N–H and O–H groups in total. The van der Waals surface area contributed by atoms with Crippen molar-refractivity contribution in [3.8, 4) is 0 Å². The molecular weight excluding hydrogens is 162 g/mol. The standard InChI is InChI=1S/C11H19NO/c1-4-12-8-9-7-10(13)5-6-11(9,2)3/h5-6,9,12H,4,7-8H2,1-3H3. The van der Waals surface area contributed by atoms with Crippen LogP contribution in [0.1, 0.15) is 27.2 Å². The molecule has 13 heavy (non-hydrogen) atoms. The van der Waals surface area contributed by atoms with Gasteiger partial charge in [-0.15, -0.1) is 0 Å². The van der Waals surface area contributed by atoms with Crippen LogP contribution in [0.3, 0.4) is 0 Å². The van der Waals surface area contributed by atoms with Crippen molar-refractivity contribution in [2.45, 2.75) is 27.2 Å². The van der Waals surface area contributed by atoms with E-state index in [1.165, 1.54) is 0 Å². The van der Waals surface area contributed by atoms with Crippen molar-refractivity contribution < 1.29 is 4.79 Å². The Morgan fingerprint density at radius 2 is 2.31 bits per heavy atom. The van der Waals surface area contributed by atoms with Gasteiger partial charge in [0, 0.05) is 6.42 Å². The zero-order valence-electron chi connectivity index (χ0n) is 8.76. The molecular formula is C11H19NO. The fraction of sp³-hybridized carbons (Fsp3) is 0.727. The molecule has 1 rings (SSSR count). The number of carbonyl (C=O) groups is 1. The maximum atomic E-state index is 11.2. The van der Waals surface area contributed by atoms with E-state index in [4.69, 9.17) is 0 Å². The van der Waals surface area contributed by atoms with E-state index in [0.29, 0.717) is 12.3 Å². The Morgan fingerprint density at radius 3 is 2.92 bits per heavy atom. The van der Waals surface area contributed by atoms with Gasteiger partial charge in [0.1, 0.15) is 0 Å². The van der Waals surface area contributed by atoms with Crippen LogP contribution in [0.25, 0.3) is 0 Å². The lowest BCUT2D eigenvalue weighted by atomic mass is 9.72. The maximum Gasteiger partial charge on any atom is 0.155 e. The van der Waals surface area contributed by atoms with Gasteiger partial charge in [-0.25, -0.2) is 0 Å². The van der Waals surface area contributed by atoms with E-state index in [-0.39, 0.29) is 11.2 Å². The molecule has 0 bridgehead atoms. The summed E-state index contributed by atoms with van der Waals surface area (Å²) in [6.45, 7) is 8.40. The van der Waals surface area contributed by atoms with Crippen molar-refractivity contribution in [1.29, 1.82) is 0 Å². The van der Waals surface area contributed by atoms with Crippen molar-refractivity contribution in [3.63, 3.8) is 0 Å². The van der Waals surface area contributed by atoms with Crippen LogP contribution in [0.15, 0.2) is 12.2 Å². The minimum atomic E-state index is 0.163. The number of allylic oxidation sites excluding steroid dienone is 2. The Morgan fingerprint density at radius 1 is 1.62 bits per heavy atom. The van der Waals surface area contributed by atoms with E-state index in [2.05, 4.69) is 26.1 Å². The highest BCUT2D eigenvalue weighted by Gasteiger charge is 2.31. The van der Waals surface area contributed by atoms with Gasteiger partial charge in [0.2, 0.25) is 0 Å². The molecule has 0 saturated carbocycles. The normalized spacial score (nSPS) is 26.4. The van der Waals surface area contributed by atoms with E-state index in [1.807, 2.05) is 6.08 Å².